The van der Waals surface area contributed by atoms with Crippen LogP contribution in [0.4, 0.5) is 0 Å². The Kier molecular flexibility index (Phi) is 3.85. The van der Waals surface area contributed by atoms with Gasteiger partial charge in [0.25, 0.3) is 0 Å². The Hall–Kier alpha value is -1.49. The summed E-state index contributed by atoms with van der Waals surface area (Å²) in [5, 5.41) is 0. The minimum atomic E-state index is -0.104. The van der Waals surface area contributed by atoms with E-state index in [4.69, 9.17) is 12.2 Å². The molecule has 64 valence electrons. The SMILES string of the molecule is C#C/C(C(C)=O)=C(C)/C=C(/C)N. The highest BCUT2D eigenvalue weighted by Gasteiger charge is 2.02. The van der Waals surface area contributed by atoms with Gasteiger partial charge < -0.3 is 5.73 Å². The first-order valence-electron chi connectivity index (χ1n) is 3.61. The Labute approximate surface area is 73.1 Å². The van der Waals surface area contributed by atoms with Gasteiger partial charge >= 0.3 is 0 Å². The van der Waals surface area contributed by atoms with Gasteiger partial charge in [0.1, 0.15) is 0 Å². The van der Waals surface area contributed by atoms with Crippen LogP contribution in [0.25, 0.3) is 0 Å². The molecule has 2 heteroatoms. The van der Waals surface area contributed by atoms with Gasteiger partial charge in [-0.3, -0.25) is 4.79 Å². The predicted molar refractivity (Wildman–Crippen MR) is 50.2 cm³/mol. The number of Topliss-reactive ketones (excluding diaryl/α,β-unsaturated/α-hetero) is 1. The molecule has 0 spiro atoms. The van der Waals surface area contributed by atoms with Crippen LogP contribution in [0, 0.1) is 12.3 Å². The van der Waals surface area contributed by atoms with E-state index in [1.165, 1.54) is 6.92 Å². The number of carbonyl (C=O) groups is 1. The summed E-state index contributed by atoms with van der Waals surface area (Å²) in [6.07, 6.45) is 6.84. The van der Waals surface area contributed by atoms with Gasteiger partial charge in [-0.2, -0.15) is 0 Å². The van der Waals surface area contributed by atoms with Crippen LogP contribution >= 0.6 is 0 Å². The van der Waals surface area contributed by atoms with E-state index in [1.807, 2.05) is 0 Å². The molecule has 2 N–H and O–H groups in total. The van der Waals surface area contributed by atoms with Crippen molar-refractivity contribution in [3.63, 3.8) is 0 Å². The minimum Gasteiger partial charge on any atom is -0.402 e. The molecule has 0 radical (unpaired) electrons. The first-order chi connectivity index (χ1) is 5.49. The standard InChI is InChI=1S/C10H13NO/c1-5-10(9(4)12)7(2)6-8(3)11/h1,6H,11H2,2-4H3/b8-6-,10-7-. The molecule has 0 bridgehead atoms. The number of hydrogen-bond donors (Lipinski definition) is 1. The average Bonchev–Trinajstić information content (AvgIpc) is 1.85. The summed E-state index contributed by atoms with van der Waals surface area (Å²) in [6, 6.07) is 0. The molecule has 0 aromatic heterocycles. The second-order valence-corrected chi connectivity index (χ2v) is 2.65. The Morgan fingerprint density at radius 3 is 2.17 bits per heavy atom. The summed E-state index contributed by atoms with van der Waals surface area (Å²) in [5.41, 5.74) is 7.20. The van der Waals surface area contributed by atoms with E-state index in [-0.39, 0.29) is 5.78 Å². The summed E-state index contributed by atoms with van der Waals surface area (Å²) in [7, 11) is 0. The quantitative estimate of drug-likeness (QED) is 0.380. The number of ketones is 1. The molecule has 0 saturated heterocycles. The normalized spacial score (nSPS) is 13.3. The number of allylic oxidation sites excluding steroid dienone is 4. The van der Waals surface area contributed by atoms with Gasteiger partial charge in [0.15, 0.2) is 5.78 Å². The number of hydrogen-bond acceptors (Lipinski definition) is 2. The second kappa shape index (κ2) is 4.40. The molecule has 12 heavy (non-hydrogen) atoms. The summed E-state index contributed by atoms with van der Waals surface area (Å²) in [6.45, 7) is 4.96. The molecule has 0 atom stereocenters. The maximum absolute atomic E-state index is 10.9. The van der Waals surface area contributed by atoms with E-state index in [9.17, 15) is 4.79 Å². The van der Waals surface area contributed by atoms with Crippen molar-refractivity contribution in [3.05, 3.63) is 22.9 Å². The van der Waals surface area contributed by atoms with Crippen molar-refractivity contribution in [1.82, 2.24) is 0 Å². The largest absolute Gasteiger partial charge is 0.402 e. The van der Waals surface area contributed by atoms with E-state index in [1.54, 1.807) is 19.9 Å². The lowest BCUT2D eigenvalue weighted by Gasteiger charge is -1.98. The van der Waals surface area contributed by atoms with Crippen LogP contribution in [-0.4, -0.2) is 5.78 Å². The van der Waals surface area contributed by atoms with Crippen LogP contribution in [0.15, 0.2) is 22.9 Å². The van der Waals surface area contributed by atoms with Gasteiger partial charge in [0.05, 0.1) is 5.57 Å². The molecule has 0 aliphatic heterocycles. The Balaban J connectivity index is 5.03. The topological polar surface area (TPSA) is 43.1 Å². The third kappa shape index (κ3) is 3.07. The third-order valence-corrected chi connectivity index (χ3v) is 1.33. The molecule has 0 unspecified atom stereocenters. The lowest BCUT2D eigenvalue weighted by molar-refractivity contribution is -0.113. The van der Waals surface area contributed by atoms with Crippen LogP contribution in [0.5, 0.6) is 0 Å². The van der Waals surface area contributed by atoms with E-state index < -0.39 is 0 Å². The molecule has 0 aromatic rings. The molecule has 0 heterocycles. The van der Waals surface area contributed by atoms with Gasteiger partial charge in [0.2, 0.25) is 0 Å². The maximum atomic E-state index is 10.9. The molecule has 0 amide bonds. The molecule has 0 aromatic carbocycles. The van der Waals surface area contributed by atoms with Crippen molar-refractivity contribution in [3.8, 4) is 12.3 Å². The van der Waals surface area contributed by atoms with Gasteiger partial charge in [-0.1, -0.05) is 5.92 Å². The monoisotopic (exact) mass is 163 g/mol. The van der Waals surface area contributed by atoms with Gasteiger partial charge in [0, 0.05) is 5.70 Å². The van der Waals surface area contributed by atoms with E-state index in [0.29, 0.717) is 11.3 Å². The maximum Gasteiger partial charge on any atom is 0.168 e. The zero-order valence-corrected chi connectivity index (χ0v) is 7.64. The lowest BCUT2D eigenvalue weighted by atomic mass is 10.1. The number of carbonyl (C=O) groups excluding carboxylic acids is 1. The van der Waals surface area contributed by atoms with Crippen molar-refractivity contribution >= 4 is 5.78 Å². The van der Waals surface area contributed by atoms with Crippen LogP contribution in [0.3, 0.4) is 0 Å². The van der Waals surface area contributed by atoms with E-state index in [0.717, 1.165) is 5.57 Å². The highest BCUT2D eigenvalue weighted by Crippen LogP contribution is 2.06. The van der Waals surface area contributed by atoms with Crippen molar-refractivity contribution in [2.75, 3.05) is 0 Å². The fourth-order valence-electron chi connectivity index (χ4n) is 0.907. The number of nitrogens with two attached hydrogens (primary N) is 1. The molecule has 0 aliphatic rings. The zero-order valence-electron chi connectivity index (χ0n) is 7.64. The van der Waals surface area contributed by atoms with Crippen LogP contribution < -0.4 is 5.73 Å². The Morgan fingerprint density at radius 1 is 1.42 bits per heavy atom. The first-order valence-corrected chi connectivity index (χ1v) is 3.61. The number of rotatable bonds is 2. The molecular formula is C10H13NO. The molecule has 0 rings (SSSR count). The molecular weight excluding hydrogens is 150 g/mol. The van der Waals surface area contributed by atoms with E-state index in [2.05, 4.69) is 5.92 Å². The summed E-state index contributed by atoms with van der Waals surface area (Å²) < 4.78 is 0. The molecule has 2 nitrogen and oxygen atoms in total. The third-order valence-electron chi connectivity index (χ3n) is 1.33. The lowest BCUT2D eigenvalue weighted by Crippen LogP contribution is -1.98. The Morgan fingerprint density at radius 2 is 1.92 bits per heavy atom. The van der Waals surface area contributed by atoms with Crippen LogP contribution in [-0.2, 0) is 4.79 Å². The van der Waals surface area contributed by atoms with Gasteiger partial charge in [-0.05, 0) is 32.4 Å². The molecule has 0 fully saturated rings. The van der Waals surface area contributed by atoms with E-state index >= 15 is 0 Å². The van der Waals surface area contributed by atoms with Crippen LogP contribution in [0.2, 0.25) is 0 Å². The summed E-state index contributed by atoms with van der Waals surface area (Å²) in [4.78, 5) is 10.9. The highest BCUT2D eigenvalue weighted by molar-refractivity contribution is 5.98. The highest BCUT2D eigenvalue weighted by atomic mass is 16.1. The second-order valence-electron chi connectivity index (χ2n) is 2.65. The van der Waals surface area contributed by atoms with Crippen molar-refractivity contribution in [2.24, 2.45) is 5.73 Å². The molecule has 0 aliphatic carbocycles. The fourth-order valence-corrected chi connectivity index (χ4v) is 0.907. The fraction of sp³-hybridized carbons (Fsp3) is 0.300. The van der Waals surface area contributed by atoms with Crippen molar-refractivity contribution in [2.45, 2.75) is 20.8 Å². The van der Waals surface area contributed by atoms with Gasteiger partial charge in [-0.25, -0.2) is 0 Å². The molecule has 0 saturated carbocycles. The van der Waals surface area contributed by atoms with Crippen molar-refractivity contribution < 1.29 is 4.79 Å². The first kappa shape index (κ1) is 10.5. The van der Waals surface area contributed by atoms with Gasteiger partial charge in [-0.15, -0.1) is 6.42 Å². The summed E-state index contributed by atoms with van der Waals surface area (Å²) in [5.74, 6) is 2.23. The average molecular weight is 163 g/mol. The zero-order chi connectivity index (χ0) is 9.72. The smallest absolute Gasteiger partial charge is 0.168 e. The summed E-state index contributed by atoms with van der Waals surface area (Å²) >= 11 is 0. The Bertz CT molecular complexity index is 285. The number of terminal acetylenes is 1. The minimum absolute atomic E-state index is 0.104. The predicted octanol–water partition coefficient (Wildman–Crippen LogP) is 1.39. The van der Waals surface area contributed by atoms with Crippen LogP contribution in [0.1, 0.15) is 20.8 Å². The van der Waals surface area contributed by atoms with Crippen molar-refractivity contribution in [1.29, 1.82) is 0 Å².